The van der Waals surface area contributed by atoms with E-state index >= 15 is 0 Å². The second-order valence-corrected chi connectivity index (χ2v) is 7.15. The van der Waals surface area contributed by atoms with Crippen molar-refractivity contribution >= 4 is 40.4 Å². The largest absolute Gasteiger partial charge is 0.465 e. The van der Waals surface area contributed by atoms with E-state index in [1.165, 1.54) is 13.4 Å². The highest BCUT2D eigenvalue weighted by atomic mass is 16.5. The van der Waals surface area contributed by atoms with Crippen molar-refractivity contribution in [1.29, 1.82) is 0 Å². The molecular weight excluding hydrogens is 416 g/mol. The molecule has 0 amide bonds. The van der Waals surface area contributed by atoms with Gasteiger partial charge in [-0.3, -0.25) is 10.4 Å². The number of hydrogen-bond acceptors (Lipinski definition) is 8. The van der Waals surface area contributed by atoms with Gasteiger partial charge in [-0.25, -0.2) is 14.8 Å². The minimum Gasteiger partial charge on any atom is -0.465 e. The third-order valence-electron chi connectivity index (χ3n) is 5.10. The maximum atomic E-state index is 12.2. The van der Waals surface area contributed by atoms with Crippen molar-refractivity contribution in [2.24, 2.45) is 0 Å². The van der Waals surface area contributed by atoms with Crippen molar-refractivity contribution in [3.8, 4) is 0 Å². The predicted molar refractivity (Wildman–Crippen MR) is 131 cm³/mol. The SMILES string of the molecule is COC(=O)c1ccccc1N(C)c1ncnc(NN(c2ccccc2)c2ccccc2)c1N. The van der Waals surface area contributed by atoms with Crippen LogP contribution < -0.4 is 21.1 Å². The number of anilines is 6. The first-order valence-electron chi connectivity index (χ1n) is 10.3. The summed E-state index contributed by atoms with van der Waals surface area (Å²) in [7, 11) is 3.14. The number of esters is 1. The van der Waals surface area contributed by atoms with Crippen LogP contribution in [0.1, 0.15) is 10.4 Å². The maximum absolute atomic E-state index is 12.2. The fraction of sp³-hybridized carbons (Fsp3) is 0.0800. The molecule has 4 aromatic rings. The van der Waals surface area contributed by atoms with Gasteiger partial charge in [0.2, 0.25) is 0 Å². The first-order chi connectivity index (χ1) is 16.1. The fourth-order valence-corrected chi connectivity index (χ4v) is 3.44. The number of rotatable bonds is 7. The minimum atomic E-state index is -0.442. The number of para-hydroxylation sites is 3. The van der Waals surface area contributed by atoms with Crippen molar-refractivity contribution in [3.05, 3.63) is 96.8 Å². The molecule has 0 bridgehead atoms. The van der Waals surface area contributed by atoms with Crippen LogP contribution in [-0.2, 0) is 4.74 Å². The molecule has 0 saturated heterocycles. The van der Waals surface area contributed by atoms with Crippen molar-refractivity contribution in [1.82, 2.24) is 9.97 Å². The van der Waals surface area contributed by atoms with E-state index in [-0.39, 0.29) is 0 Å². The Balaban J connectivity index is 1.72. The Labute approximate surface area is 192 Å². The average Bonchev–Trinajstić information content (AvgIpc) is 2.88. The molecule has 1 aromatic heterocycles. The highest BCUT2D eigenvalue weighted by Crippen LogP contribution is 2.34. The third kappa shape index (κ3) is 4.54. The number of aromatic nitrogens is 2. The van der Waals surface area contributed by atoms with Gasteiger partial charge in [-0.2, -0.15) is 0 Å². The van der Waals surface area contributed by atoms with E-state index in [1.807, 2.05) is 71.7 Å². The lowest BCUT2D eigenvalue weighted by molar-refractivity contribution is 0.0601. The third-order valence-corrected chi connectivity index (χ3v) is 5.10. The Kier molecular flexibility index (Phi) is 6.36. The zero-order valence-electron chi connectivity index (χ0n) is 18.3. The van der Waals surface area contributed by atoms with Gasteiger partial charge in [0, 0.05) is 7.05 Å². The molecule has 33 heavy (non-hydrogen) atoms. The number of carbonyl (C=O) groups is 1. The summed E-state index contributed by atoms with van der Waals surface area (Å²) in [5.41, 5.74) is 13.0. The Morgan fingerprint density at radius 2 is 1.45 bits per heavy atom. The van der Waals surface area contributed by atoms with E-state index in [0.717, 1.165) is 11.4 Å². The van der Waals surface area contributed by atoms with Crippen molar-refractivity contribution in [2.75, 3.05) is 35.2 Å². The number of benzene rings is 3. The maximum Gasteiger partial charge on any atom is 0.339 e. The zero-order chi connectivity index (χ0) is 23.2. The normalized spacial score (nSPS) is 10.4. The van der Waals surface area contributed by atoms with Gasteiger partial charge in [0.15, 0.2) is 11.6 Å². The number of nitrogen functional groups attached to an aromatic ring is 1. The van der Waals surface area contributed by atoms with E-state index in [9.17, 15) is 4.79 Å². The Morgan fingerprint density at radius 1 is 0.879 bits per heavy atom. The van der Waals surface area contributed by atoms with Crippen LogP contribution in [0.4, 0.5) is 34.4 Å². The number of ether oxygens (including phenoxy) is 1. The molecular formula is C25H24N6O2. The van der Waals surface area contributed by atoms with Gasteiger partial charge in [0.25, 0.3) is 0 Å². The number of carbonyl (C=O) groups excluding carboxylic acids is 1. The topological polar surface area (TPSA) is 96.6 Å². The van der Waals surface area contributed by atoms with Gasteiger partial charge in [0.1, 0.15) is 12.0 Å². The van der Waals surface area contributed by atoms with Gasteiger partial charge >= 0.3 is 5.97 Å². The number of hydrazine groups is 1. The van der Waals surface area contributed by atoms with Crippen LogP contribution in [0.5, 0.6) is 0 Å². The monoisotopic (exact) mass is 440 g/mol. The Bertz CT molecular complexity index is 1190. The lowest BCUT2D eigenvalue weighted by Crippen LogP contribution is -2.26. The molecule has 3 aromatic carbocycles. The van der Waals surface area contributed by atoms with E-state index in [4.69, 9.17) is 10.5 Å². The molecule has 0 aliphatic heterocycles. The van der Waals surface area contributed by atoms with Crippen LogP contribution in [0.15, 0.2) is 91.3 Å². The molecule has 0 spiro atoms. The Hall–Kier alpha value is -4.59. The summed E-state index contributed by atoms with van der Waals surface area (Å²) < 4.78 is 4.92. The summed E-state index contributed by atoms with van der Waals surface area (Å²) in [6.45, 7) is 0. The molecule has 0 radical (unpaired) electrons. The molecule has 0 unspecified atom stereocenters. The quantitative estimate of drug-likeness (QED) is 0.313. The molecule has 0 saturated carbocycles. The molecule has 0 aliphatic carbocycles. The number of nitrogens with two attached hydrogens (primary N) is 1. The number of hydrogen-bond donors (Lipinski definition) is 2. The molecule has 0 atom stereocenters. The number of nitrogens with one attached hydrogen (secondary N) is 1. The molecule has 166 valence electrons. The highest BCUT2D eigenvalue weighted by Gasteiger charge is 2.20. The smallest absolute Gasteiger partial charge is 0.339 e. The van der Waals surface area contributed by atoms with E-state index < -0.39 is 5.97 Å². The highest BCUT2D eigenvalue weighted by molar-refractivity contribution is 5.97. The van der Waals surface area contributed by atoms with Gasteiger partial charge in [-0.1, -0.05) is 48.5 Å². The molecule has 8 heteroatoms. The fourth-order valence-electron chi connectivity index (χ4n) is 3.44. The molecule has 4 rings (SSSR count). The van der Waals surface area contributed by atoms with Crippen molar-refractivity contribution in [3.63, 3.8) is 0 Å². The van der Waals surface area contributed by atoms with Crippen LogP contribution in [0.25, 0.3) is 0 Å². The van der Waals surface area contributed by atoms with Crippen LogP contribution in [-0.4, -0.2) is 30.1 Å². The summed E-state index contributed by atoms with van der Waals surface area (Å²) in [6, 6.07) is 26.8. The Morgan fingerprint density at radius 3 is 2.06 bits per heavy atom. The molecule has 0 aliphatic rings. The van der Waals surface area contributed by atoms with E-state index in [0.29, 0.717) is 28.6 Å². The first-order valence-corrected chi connectivity index (χ1v) is 10.3. The van der Waals surface area contributed by atoms with Gasteiger partial charge < -0.3 is 15.4 Å². The summed E-state index contributed by atoms with van der Waals surface area (Å²) in [6.07, 6.45) is 1.43. The number of methoxy groups -OCH3 is 1. The van der Waals surface area contributed by atoms with Gasteiger partial charge in [-0.05, 0) is 36.4 Å². The molecule has 8 nitrogen and oxygen atoms in total. The van der Waals surface area contributed by atoms with Crippen LogP contribution >= 0.6 is 0 Å². The summed E-state index contributed by atoms with van der Waals surface area (Å²) in [5, 5.41) is 1.89. The van der Waals surface area contributed by atoms with Crippen LogP contribution in [0.2, 0.25) is 0 Å². The summed E-state index contributed by atoms with van der Waals surface area (Å²) in [5.74, 6) is 0.433. The molecule has 1 heterocycles. The lowest BCUT2D eigenvalue weighted by atomic mass is 10.1. The second kappa shape index (κ2) is 9.69. The molecule has 3 N–H and O–H groups in total. The molecule has 0 fully saturated rings. The predicted octanol–water partition coefficient (Wildman–Crippen LogP) is 4.78. The van der Waals surface area contributed by atoms with Gasteiger partial charge in [0.05, 0.1) is 29.7 Å². The summed E-state index contributed by atoms with van der Waals surface area (Å²) in [4.78, 5) is 22.7. The average molecular weight is 441 g/mol. The second-order valence-electron chi connectivity index (χ2n) is 7.15. The zero-order valence-corrected chi connectivity index (χ0v) is 18.3. The standard InChI is InChI=1S/C25H24N6O2/c1-30(21-16-10-9-15-20(21)25(32)33-2)24-22(26)23(27-17-28-24)29-31(18-11-5-3-6-12-18)19-13-7-4-8-14-19/h3-17H,26H2,1-2H3,(H,27,28,29). The number of nitrogens with zero attached hydrogens (tertiary/aromatic N) is 4. The van der Waals surface area contributed by atoms with Crippen LogP contribution in [0.3, 0.4) is 0 Å². The first kappa shape index (κ1) is 21.6. The lowest BCUT2D eigenvalue weighted by Gasteiger charge is -2.28. The van der Waals surface area contributed by atoms with Gasteiger partial charge in [-0.15, -0.1) is 0 Å². The van der Waals surface area contributed by atoms with Crippen LogP contribution in [0, 0.1) is 0 Å². The van der Waals surface area contributed by atoms with E-state index in [2.05, 4.69) is 15.4 Å². The minimum absolute atomic E-state index is 0.330. The van der Waals surface area contributed by atoms with Crippen molar-refractivity contribution in [2.45, 2.75) is 0 Å². The summed E-state index contributed by atoms with van der Waals surface area (Å²) >= 11 is 0. The van der Waals surface area contributed by atoms with E-state index in [1.54, 1.807) is 30.1 Å². The van der Waals surface area contributed by atoms with Crippen molar-refractivity contribution < 1.29 is 9.53 Å².